The Balaban J connectivity index is -0.000000108. The summed E-state index contributed by atoms with van der Waals surface area (Å²) in [5.74, 6) is 0.822. The maximum absolute atomic E-state index is 3.85. The molecule has 3 heteroatoms. The summed E-state index contributed by atoms with van der Waals surface area (Å²) < 4.78 is 0. The number of hydrogen-bond donors (Lipinski definition) is 0. The van der Waals surface area contributed by atoms with E-state index in [0.29, 0.717) is 6.04 Å². The van der Waals surface area contributed by atoms with E-state index in [0.717, 1.165) is 5.92 Å². The van der Waals surface area contributed by atoms with Crippen molar-refractivity contribution in [3.05, 3.63) is 7.05 Å². The van der Waals surface area contributed by atoms with Gasteiger partial charge in [0.1, 0.15) is 0 Å². The Kier molecular flexibility index (Phi) is 31.3. The van der Waals surface area contributed by atoms with E-state index in [1.165, 1.54) is 19.3 Å². The van der Waals surface area contributed by atoms with Gasteiger partial charge >= 0.3 is 0 Å². The summed E-state index contributed by atoms with van der Waals surface area (Å²) in [6.45, 7) is 11.0. The van der Waals surface area contributed by atoms with Crippen molar-refractivity contribution in [2.24, 2.45) is 5.92 Å². The summed E-state index contributed by atoms with van der Waals surface area (Å²) >= 11 is 0. The molecule has 0 N–H and O–H groups in total. The quantitative estimate of drug-likeness (QED) is 0.635. The molecule has 96 valence electrons. The van der Waals surface area contributed by atoms with Crippen LogP contribution in [0.5, 0.6) is 0 Å². The zero-order chi connectivity index (χ0) is 10.9. The first-order chi connectivity index (χ1) is 5.95. The second-order valence-electron chi connectivity index (χ2n) is 4.28. The van der Waals surface area contributed by atoms with Gasteiger partial charge < -0.3 is 4.90 Å². The van der Waals surface area contributed by atoms with Crippen molar-refractivity contribution in [1.29, 1.82) is 0 Å². The van der Waals surface area contributed by atoms with Gasteiger partial charge in [0.2, 0.25) is 0 Å². The Hall–Kier alpha value is 1.91. The molecule has 0 aromatic rings. The molecule has 0 fully saturated rings. The van der Waals surface area contributed by atoms with E-state index < -0.39 is 0 Å². The molecule has 1 unspecified atom stereocenters. The molecule has 15 heavy (non-hydrogen) atoms. The number of nitrogens with zero attached hydrogens (tertiary/aromatic N) is 1. The van der Waals surface area contributed by atoms with Crippen LogP contribution in [-0.4, -0.2) is 18.0 Å². The zero-order valence-electron chi connectivity index (χ0n) is 11.2. The summed E-state index contributed by atoms with van der Waals surface area (Å²) in [5, 5.41) is 0. The minimum Gasteiger partial charge on any atom is -0.459 e. The van der Waals surface area contributed by atoms with Gasteiger partial charge in [0, 0.05) is 58.8 Å². The van der Waals surface area contributed by atoms with Gasteiger partial charge in [-0.25, -0.2) is 0 Å². The molecular formula is C12H28ArNW-. The van der Waals surface area contributed by atoms with E-state index in [1.54, 1.807) is 0 Å². The van der Waals surface area contributed by atoms with Crippen LogP contribution in [0.25, 0.3) is 0 Å². The third kappa shape index (κ3) is 25.9. The molecule has 0 aliphatic rings. The molecule has 1 nitrogen and oxygen atoms in total. The maximum Gasteiger partial charge on any atom is 0 e. The van der Waals surface area contributed by atoms with E-state index in [2.05, 4.69) is 41.7 Å². The van der Waals surface area contributed by atoms with Gasteiger partial charge in [0.05, 0.1) is 0 Å². The van der Waals surface area contributed by atoms with Gasteiger partial charge in [0.15, 0.2) is 0 Å². The van der Waals surface area contributed by atoms with Gasteiger partial charge in [0.25, 0.3) is 0 Å². The Morgan fingerprint density at radius 2 is 1.40 bits per heavy atom. The predicted molar refractivity (Wildman–Crippen MR) is 62.6 cm³/mol. The van der Waals surface area contributed by atoms with Crippen LogP contribution in [0.15, 0.2) is 0 Å². The molecule has 0 aromatic carbocycles. The van der Waals surface area contributed by atoms with Crippen molar-refractivity contribution < 1.29 is 58.8 Å². The van der Waals surface area contributed by atoms with Crippen molar-refractivity contribution in [2.45, 2.75) is 59.9 Å². The van der Waals surface area contributed by atoms with E-state index >= 15 is 0 Å². The molecule has 1 atom stereocenters. The summed E-state index contributed by atoms with van der Waals surface area (Å²) in [6.07, 6.45) is 3.82. The van der Waals surface area contributed by atoms with Gasteiger partial charge in [-0.3, -0.25) is 7.05 Å². The SMILES string of the molecule is CCC.[Ar].[CH2-]N(C)C(C)CCC(C)C.[W]. The third-order valence-corrected chi connectivity index (χ3v) is 1.91. The second-order valence-corrected chi connectivity index (χ2v) is 4.28. The van der Waals surface area contributed by atoms with E-state index in [9.17, 15) is 0 Å². The van der Waals surface area contributed by atoms with Crippen molar-refractivity contribution in [3.63, 3.8) is 0 Å². The molecule has 0 aliphatic carbocycles. The monoisotopic (exact) mass is 410 g/mol. The summed E-state index contributed by atoms with van der Waals surface area (Å²) in [5.41, 5.74) is 0. The van der Waals surface area contributed by atoms with Gasteiger partial charge in [-0.15, -0.1) is 0 Å². The van der Waals surface area contributed by atoms with Gasteiger partial charge in [-0.2, -0.15) is 0 Å². The molecule has 0 aliphatic heterocycles. The number of hydrogen-bond acceptors (Lipinski definition) is 1. The zero-order valence-corrected chi connectivity index (χ0v) is 14.8. The van der Waals surface area contributed by atoms with Gasteiger partial charge in [-0.1, -0.05) is 41.0 Å². The van der Waals surface area contributed by atoms with Crippen molar-refractivity contribution in [1.82, 2.24) is 4.90 Å². The van der Waals surface area contributed by atoms with Crippen molar-refractivity contribution in [3.8, 4) is 0 Å². The first kappa shape index (κ1) is 25.7. The summed E-state index contributed by atoms with van der Waals surface area (Å²) in [4.78, 5) is 2.03. The van der Waals surface area contributed by atoms with Crippen LogP contribution in [0.3, 0.4) is 0 Å². The van der Waals surface area contributed by atoms with Crippen molar-refractivity contribution >= 4 is 0 Å². The Morgan fingerprint density at radius 1 is 1.07 bits per heavy atom. The van der Waals surface area contributed by atoms with Crippen LogP contribution in [0.2, 0.25) is 0 Å². The topological polar surface area (TPSA) is 3.24 Å². The van der Waals surface area contributed by atoms with Crippen LogP contribution in [0.4, 0.5) is 0 Å². The maximum atomic E-state index is 3.85. The normalized spacial score (nSPS) is 11.0. The first-order valence-electron chi connectivity index (χ1n) is 5.48. The van der Waals surface area contributed by atoms with Crippen LogP contribution < -0.4 is 0 Å². The molecule has 0 spiro atoms. The Morgan fingerprint density at radius 3 is 1.60 bits per heavy atom. The Bertz CT molecular complexity index is 97.6. The average molecular weight is 410 g/mol. The van der Waals surface area contributed by atoms with E-state index in [-0.39, 0.29) is 58.8 Å². The smallest absolute Gasteiger partial charge is 0 e. The molecule has 0 heterocycles. The van der Waals surface area contributed by atoms with Crippen LogP contribution in [0.1, 0.15) is 53.9 Å². The minimum absolute atomic E-state index is 0. The average Bonchev–Trinajstić information content (AvgIpc) is 2.01. The second kappa shape index (κ2) is 18.3. The van der Waals surface area contributed by atoms with Crippen LogP contribution in [-0.2, 0) is 21.1 Å². The molecule has 0 amide bonds. The largest absolute Gasteiger partial charge is 0.459 e. The summed E-state index contributed by atoms with van der Waals surface area (Å²) in [7, 11) is 5.88. The van der Waals surface area contributed by atoms with E-state index in [4.69, 9.17) is 0 Å². The van der Waals surface area contributed by atoms with Crippen molar-refractivity contribution in [2.75, 3.05) is 7.05 Å². The first-order valence-corrected chi connectivity index (χ1v) is 5.48. The van der Waals surface area contributed by atoms with E-state index in [1.807, 2.05) is 11.9 Å². The Labute approximate surface area is 142 Å². The molecule has 0 bridgehead atoms. The molecule has 0 saturated carbocycles. The molecular weight excluding hydrogens is 382 g/mol. The predicted octanol–water partition coefficient (Wildman–Crippen LogP) is 3.95. The minimum atomic E-state index is 0. The fourth-order valence-electron chi connectivity index (χ4n) is 0.795. The molecule has 0 radical (unpaired) electrons. The fourth-order valence-corrected chi connectivity index (χ4v) is 0.795. The van der Waals surface area contributed by atoms with Crippen LogP contribution in [0, 0.1) is 50.7 Å². The molecule has 0 rings (SSSR count). The van der Waals surface area contributed by atoms with Crippen LogP contribution >= 0.6 is 0 Å². The standard InChI is InChI=1S/C9H20N.C3H8.Ar.W/c1-8(2)6-7-9(3)10(4)5;1-3-2;;/h8-9H,4,6-7H2,1-3,5H3;3H2,1-2H3;;/q-1;;;. The summed E-state index contributed by atoms with van der Waals surface area (Å²) in [6, 6.07) is 0.627. The third-order valence-electron chi connectivity index (χ3n) is 1.91. The fraction of sp³-hybridized carbons (Fsp3) is 0.917. The molecule has 0 aromatic heterocycles. The molecule has 0 saturated heterocycles. The number of rotatable bonds is 4. The van der Waals surface area contributed by atoms with Gasteiger partial charge in [-0.05, 0) is 31.8 Å².